The maximum atomic E-state index is 5.89. The molecule has 0 unspecified atom stereocenters. The molecule has 1 aliphatic rings. The molecule has 7 rings (SSSR count). The van der Waals surface area contributed by atoms with E-state index in [0.29, 0.717) is 11.5 Å². The summed E-state index contributed by atoms with van der Waals surface area (Å²) in [5.74, 6) is 2.66. The number of aryl methyl sites for hydroxylation is 2. The molecular formula is C34H28N4O2. The average molecular weight is 525 g/mol. The topological polar surface area (TPSA) is 68.3 Å². The van der Waals surface area contributed by atoms with Crippen LogP contribution in [0.25, 0.3) is 21.8 Å². The van der Waals surface area contributed by atoms with Gasteiger partial charge in [-0.15, -0.1) is 0 Å². The normalized spacial score (nSPS) is 13.4. The van der Waals surface area contributed by atoms with Crippen molar-refractivity contribution < 1.29 is 9.78 Å². The third-order valence-corrected chi connectivity index (χ3v) is 7.27. The van der Waals surface area contributed by atoms with Crippen molar-refractivity contribution in [1.29, 1.82) is 0 Å². The van der Waals surface area contributed by atoms with Crippen molar-refractivity contribution in [2.45, 2.75) is 25.7 Å². The molecule has 0 amide bonds. The van der Waals surface area contributed by atoms with Crippen LogP contribution >= 0.6 is 0 Å². The third-order valence-electron chi connectivity index (χ3n) is 7.27. The van der Waals surface area contributed by atoms with E-state index in [4.69, 9.17) is 19.7 Å². The molecule has 2 N–H and O–H groups in total. The van der Waals surface area contributed by atoms with Crippen molar-refractivity contribution in [1.82, 2.24) is 9.97 Å². The second kappa shape index (κ2) is 10.6. The Morgan fingerprint density at radius 2 is 0.925 bits per heavy atom. The van der Waals surface area contributed by atoms with Gasteiger partial charge in [0.1, 0.15) is 11.6 Å². The van der Waals surface area contributed by atoms with Crippen molar-refractivity contribution in [2.75, 3.05) is 10.6 Å². The number of fused-ring (bicyclic) bond motifs is 10. The fourth-order valence-electron chi connectivity index (χ4n) is 5.32. The minimum absolute atomic E-state index is 0.557. The van der Waals surface area contributed by atoms with Gasteiger partial charge in [-0.05, 0) is 85.3 Å². The lowest BCUT2D eigenvalue weighted by molar-refractivity contribution is -0.0984. The summed E-state index contributed by atoms with van der Waals surface area (Å²) in [6.45, 7) is 0. The maximum Gasteiger partial charge on any atom is 0.202 e. The first kappa shape index (κ1) is 24.0. The first-order chi connectivity index (χ1) is 19.8. The Labute approximate surface area is 232 Å². The van der Waals surface area contributed by atoms with Crippen molar-refractivity contribution in [2.24, 2.45) is 0 Å². The van der Waals surface area contributed by atoms with Crippen molar-refractivity contribution in [3.8, 4) is 11.5 Å². The van der Waals surface area contributed by atoms with Crippen molar-refractivity contribution in [3.63, 3.8) is 0 Å². The molecule has 0 saturated carbocycles. The molecule has 0 fully saturated rings. The number of nitrogens with one attached hydrogen (secondary N) is 2. The van der Waals surface area contributed by atoms with Gasteiger partial charge in [0.25, 0.3) is 0 Å². The molecule has 0 radical (unpaired) electrons. The standard InChI is InChI=1S/C34H28N4O2/c1-2-12-24-22-34(36-28-16-6-4-14-26(24)28)38-30-18-8-10-20-32(30)40-39-31-19-9-7-17-29(31)37-33-21-23(11-1)25-13-3-5-15-27(25)35-33/h3-10,13-22H,1-2,11-12H2,(H,35,37)(H,36,38). The maximum absolute atomic E-state index is 5.89. The van der Waals surface area contributed by atoms with E-state index in [1.165, 1.54) is 21.9 Å². The highest BCUT2D eigenvalue weighted by molar-refractivity contribution is 5.86. The molecule has 0 aliphatic carbocycles. The first-order valence-corrected chi connectivity index (χ1v) is 13.6. The lowest BCUT2D eigenvalue weighted by atomic mass is 9.99. The van der Waals surface area contributed by atoms with Crippen LogP contribution in [0.4, 0.5) is 23.0 Å². The van der Waals surface area contributed by atoms with E-state index in [2.05, 4.69) is 59.2 Å². The zero-order chi connectivity index (χ0) is 26.7. The van der Waals surface area contributed by atoms with E-state index < -0.39 is 0 Å². The molecule has 2 aromatic heterocycles. The summed E-state index contributed by atoms with van der Waals surface area (Å²) >= 11 is 0. The molecule has 0 spiro atoms. The fraction of sp³-hybridized carbons (Fsp3) is 0.118. The lowest BCUT2D eigenvalue weighted by Crippen LogP contribution is -2.06. The number of pyridine rings is 2. The van der Waals surface area contributed by atoms with Gasteiger partial charge in [-0.1, -0.05) is 60.7 Å². The second-order valence-electron chi connectivity index (χ2n) is 9.98. The summed E-state index contributed by atoms with van der Waals surface area (Å²) in [7, 11) is 0. The van der Waals surface area contributed by atoms with Crippen LogP contribution in [0.5, 0.6) is 11.5 Å². The largest absolute Gasteiger partial charge is 0.337 e. The van der Waals surface area contributed by atoms with Crippen molar-refractivity contribution >= 4 is 44.8 Å². The second-order valence-corrected chi connectivity index (χ2v) is 9.98. The number of hydrogen-bond donors (Lipinski definition) is 2. The number of benzene rings is 4. The summed E-state index contributed by atoms with van der Waals surface area (Å²) in [5, 5.41) is 9.31. The number of rotatable bonds is 0. The highest BCUT2D eigenvalue weighted by atomic mass is 17.2. The van der Waals surface area contributed by atoms with Gasteiger partial charge in [-0.2, -0.15) is 0 Å². The fourth-order valence-corrected chi connectivity index (χ4v) is 5.32. The summed E-state index contributed by atoms with van der Waals surface area (Å²) in [6, 6.07) is 36.4. The molecule has 6 aromatic rings. The van der Waals surface area contributed by atoms with Gasteiger partial charge in [0, 0.05) is 10.8 Å². The Morgan fingerprint density at radius 1 is 0.500 bits per heavy atom. The predicted molar refractivity (Wildman–Crippen MR) is 161 cm³/mol. The van der Waals surface area contributed by atoms with Crippen LogP contribution in [-0.2, 0) is 12.8 Å². The van der Waals surface area contributed by atoms with E-state index in [0.717, 1.165) is 59.7 Å². The molecule has 6 nitrogen and oxygen atoms in total. The molecule has 4 aromatic carbocycles. The molecule has 0 atom stereocenters. The molecule has 0 saturated heterocycles. The number of para-hydroxylation sites is 6. The molecule has 4 bridgehead atoms. The zero-order valence-electron chi connectivity index (χ0n) is 21.9. The van der Waals surface area contributed by atoms with E-state index >= 15 is 0 Å². The molecule has 40 heavy (non-hydrogen) atoms. The van der Waals surface area contributed by atoms with Gasteiger partial charge in [0.15, 0.2) is 0 Å². The number of hydrogen-bond acceptors (Lipinski definition) is 6. The van der Waals surface area contributed by atoms with Crippen LogP contribution in [0.2, 0.25) is 0 Å². The van der Waals surface area contributed by atoms with Crippen LogP contribution in [0.15, 0.2) is 109 Å². The molecule has 1 aliphatic heterocycles. The van der Waals surface area contributed by atoms with Crippen LogP contribution in [0, 0.1) is 0 Å². The van der Waals surface area contributed by atoms with Gasteiger partial charge in [0.05, 0.1) is 22.4 Å². The van der Waals surface area contributed by atoms with Gasteiger partial charge >= 0.3 is 0 Å². The first-order valence-electron chi connectivity index (χ1n) is 13.6. The van der Waals surface area contributed by atoms with Crippen LogP contribution in [-0.4, -0.2) is 9.97 Å². The lowest BCUT2D eigenvalue weighted by Gasteiger charge is -2.16. The van der Waals surface area contributed by atoms with Gasteiger partial charge in [0.2, 0.25) is 11.5 Å². The summed E-state index contributed by atoms with van der Waals surface area (Å²) in [6.07, 6.45) is 4.04. The number of nitrogens with zero attached hydrogens (tertiary/aromatic N) is 2. The quantitative estimate of drug-likeness (QED) is 0.194. The summed E-state index contributed by atoms with van der Waals surface area (Å²) in [4.78, 5) is 21.6. The van der Waals surface area contributed by atoms with Gasteiger partial charge in [-0.25, -0.2) is 9.97 Å². The Balaban J connectivity index is 1.32. The Morgan fingerprint density at radius 3 is 1.43 bits per heavy atom. The van der Waals surface area contributed by atoms with Crippen LogP contribution in [0.3, 0.4) is 0 Å². The average Bonchev–Trinajstić information content (AvgIpc) is 2.99. The Hall–Kier alpha value is -5.10. The third kappa shape index (κ3) is 4.87. The number of aromatic nitrogens is 2. The van der Waals surface area contributed by atoms with E-state index in [-0.39, 0.29) is 0 Å². The minimum Gasteiger partial charge on any atom is -0.337 e. The zero-order valence-corrected chi connectivity index (χ0v) is 21.9. The van der Waals surface area contributed by atoms with Crippen LogP contribution in [0.1, 0.15) is 24.0 Å². The van der Waals surface area contributed by atoms with Crippen LogP contribution < -0.4 is 20.4 Å². The van der Waals surface area contributed by atoms with E-state index in [9.17, 15) is 0 Å². The van der Waals surface area contributed by atoms with Gasteiger partial charge in [-0.3, -0.25) is 9.78 Å². The highest BCUT2D eigenvalue weighted by Gasteiger charge is 2.14. The smallest absolute Gasteiger partial charge is 0.202 e. The summed E-state index contributed by atoms with van der Waals surface area (Å²) < 4.78 is 0. The SMILES string of the molecule is c1ccc2c(c1)Nc1cc(c3ccccc3n1)CCCCc1cc(nc3ccccc13)Nc1ccccc1OO2. The summed E-state index contributed by atoms with van der Waals surface area (Å²) in [5.41, 5.74) is 6.03. The Kier molecular flexibility index (Phi) is 6.34. The van der Waals surface area contributed by atoms with E-state index in [1.807, 2.05) is 60.7 Å². The molecule has 6 heteroatoms. The van der Waals surface area contributed by atoms with E-state index in [1.54, 1.807) is 0 Å². The number of anilines is 4. The van der Waals surface area contributed by atoms with Crippen molar-refractivity contribution in [3.05, 3.63) is 120 Å². The van der Waals surface area contributed by atoms with Gasteiger partial charge < -0.3 is 10.6 Å². The predicted octanol–water partition coefficient (Wildman–Crippen LogP) is 8.52. The highest BCUT2D eigenvalue weighted by Crippen LogP contribution is 2.33. The molecule has 196 valence electrons. The Bertz CT molecular complexity index is 1700. The molecular weight excluding hydrogens is 496 g/mol. The monoisotopic (exact) mass is 524 g/mol. The molecule has 3 heterocycles. The minimum atomic E-state index is 0.557.